The lowest BCUT2D eigenvalue weighted by Gasteiger charge is -2.08. The predicted molar refractivity (Wildman–Crippen MR) is 51.5 cm³/mol. The van der Waals surface area contributed by atoms with Gasteiger partial charge in [0.05, 0.1) is 24.9 Å². The average Bonchev–Trinajstić information content (AvgIpc) is 2.19. The van der Waals surface area contributed by atoms with Gasteiger partial charge in [0.1, 0.15) is 5.75 Å². The summed E-state index contributed by atoms with van der Waals surface area (Å²) in [4.78, 5) is 14.9. The molecule has 0 aliphatic carbocycles. The lowest BCUT2D eigenvalue weighted by Crippen LogP contribution is -2.11. The maximum Gasteiger partial charge on any atom is 0.312 e. The topological polar surface area (TPSA) is 59.4 Å². The number of carbonyl (C=O) groups is 1. The molecule has 0 aromatic carbocycles. The monoisotopic (exact) mass is 195 g/mol. The minimum absolute atomic E-state index is 0.527. The molecule has 0 amide bonds. The molecular weight excluding hydrogens is 182 g/mol. The van der Waals surface area contributed by atoms with Crippen molar-refractivity contribution < 1.29 is 14.6 Å². The SMILES string of the molecule is CCC(C(=O)O)c1ccc(OC)cn1. The first-order valence-corrected chi connectivity index (χ1v) is 4.41. The van der Waals surface area contributed by atoms with E-state index in [0.717, 1.165) is 0 Å². The Balaban J connectivity index is 2.89. The van der Waals surface area contributed by atoms with Gasteiger partial charge in [-0.15, -0.1) is 0 Å². The number of methoxy groups -OCH3 is 1. The molecule has 1 heterocycles. The highest BCUT2D eigenvalue weighted by molar-refractivity contribution is 5.75. The second-order valence-electron chi connectivity index (χ2n) is 2.92. The molecule has 1 rings (SSSR count). The molecule has 4 heteroatoms. The average molecular weight is 195 g/mol. The summed E-state index contributed by atoms with van der Waals surface area (Å²) in [6, 6.07) is 3.40. The Kier molecular flexibility index (Phi) is 3.45. The summed E-state index contributed by atoms with van der Waals surface area (Å²) in [6.45, 7) is 1.82. The zero-order valence-corrected chi connectivity index (χ0v) is 8.23. The van der Waals surface area contributed by atoms with Crippen molar-refractivity contribution in [3.8, 4) is 5.75 Å². The van der Waals surface area contributed by atoms with Crippen LogP contribution in [0.4, 0.5) is 0 Å². The van der Waals surface area contributed by atoms with E-state index >= 15 is 0 Å². The highest BCUT2D eigenvalue weighted by Crippen LogP contribution is 2.19. The molecule has 0 bridgehead atoms. The number of carboxylic acids is 1. The number of hydrogen-bond acceptors (Lipinski definition) is 3. The third-order valence-electron chi connectivity index (χ3n) is 2.06. The van der Waals surface area contributed by atoms with Gasteiger partial charge in [0.25, 0.3) is 0 Å². The van der Waals surface area contributed by atoms with Gasteiger partial charge in [-0.05, 0) is 18.6 Å². The van der Waals surface area contributed by atoms with Crippen molar-refractivity contribution in [2.45, 2.75) is 19.3 Å². The minimum Gasteiger partial charge on any atom is -0.495 e. The van der Waals surface area contributed by atoms with E-state index in [-0.39, 0.29) is 0 Å². The summed E-state index contributed by atoms with van der Waals surface area (Å²) >= 11 is 0. The fourth-order valence-corrected chi connectivity index (χ4v) is 1.23. The van der Waals surface area contributed by atoms with Crippen LogP contribution in [0.1, 0.15) is 25.0 Å². The second-order valence-corrected chi connectivity index (χ2v) is 2.92. The Hall–Kier alpha value is -1.58. The fraction of sp³-hybridized carbons (Fsp3) is 0.400. The van der Waals surface area contributed by atoms with E-state index in [1.807, 2.05) is 6.92 Å². The summed E-state index contributed by atoms with van der Waals surface area (Å²) in [5.74, 6) is -0.736. The van der Waals surface area contributed by atoms with Crippen molar-refractivity contribution in [2.24, 2.45) is 0 Å². The van der Waals surface area contributed by atoms with E-state index < -0.39 is 11.9 Å². The number of rotatable bonds is 4. The van der Waals surface area contributed by atoms with Crippen LogP contribution in [0, 0.1) is 0 Å². The molecular formula is C10H13NO3. The standard InChI is InChI=1S/C10H13NO3/c1-3-8(10(12)13)9-5-4-7(14-2)6-11-9/h4-6,8H,3H2,1-2H3,(H,12,13). The van der Waals surface area contributed by atoms with Crippen LogP contribution >= 0.6 is 0 Å². The molecule has 0 radical (unpaired) electrons. The largest absolute Gasteiger partial charge is 0.495 e. The number of carboxylic acid groups (broad SMARTS) is 1. The molecule has 0 spiro atoms. The second kappa shape index (κ2) is 4.60. The Morgan fingerprint density at radius 1 is 1.64 bits per heavy atom. The number of aliphatic carboxylic acids is 1. The van der Waals surface area contributed by atoms with Crippen LogP contribution in [-0.2, 0) is 4.79 Å². The first kappa shape index (κ1) is 10.5. The Morgan fingerprint density at radius 3 is 2.71 bits per heavy atom. The Bertz CT molecular complexity index is 308. The summed E-state index contributed by atoms with van der Waals surface area (Å²) in [5.41, 5.74) is 0.570. The van der Waals surface area contributed by atoms with Crippen molar-refractivity contribution in [3.63, 3.8) is 0 Å². The molecule has 1 aromatic heterocycles. The number of ether oxygens (including phenoxy) is 1. The molecule has 76 valence electrons. The van der Waals surface area contributed by atoms with Crippen LogP contribution < -0.4 is 4.74 Å². The molecule has 0 fully saturated rings. The molecule has 4 nitrogen and oxygen atoms in total. The van der Waals surface area contributed by atoms with Crippen LogP contribution in [0.15, 0.2) is 18.3 Å². The van der Waals surface area contributed by atoms with E-state index in [0.29, 0.717) is 17.9 Å². The van der Waals surface area contributed by atoms with Gasteiger partial charge in [-0.1, -0.05) is 6.92 Å². The van der Waals surface area contributed by atoms with E-state index in [2.05, 4.69) is 4.98 Å². The van der Waals surface area contributed by atoms with Crippen molar-refractivity contribution in [1.82, 2.24) is 4.98 Å². The Labute approximate surface area is 82.5 Å². The van der Waals surface area contributed by atoms with Gasteiger partial charge in [0, 0.05) is 0 Å². The summed E-state index contributed by atoms with van der Waals surface area (Å²) < 4.78 is 4.93. The van der Waals surface area contributed by atoms with E-state index in [1.54, 1.807) is 19.2 Å². The lowest BCUT2D eigenvalue weighted by molar-refractivity contribution is -0.138. The van der Waals surface area contributed by atoms with Crippen LogP contribution in [-0.4, -0.2) is 23.2 Å². The zero-order chi connectivity index (χ0) is 10.6. The van der Waals surface area contributed by atoms with Gasteiger partial charge >= 0.3 is 5.97 Å². The maximum atomic E-state index is 10.8. The minimum atomic E-state index is -0.842. The number of aromatic nitrogens is 1. The number of nitrogens with zero attached hydrogens (tertiary/aromatic N) is 1. The van der Waals surface area contributed by atoms with E-state index in [4.69, 9.17) is 9.84 Å². The fourth-order valence-electron chi connectivity index (χ4n) is 1.23. The number of pyridine rings is 1. The van der Waals surface area contributed by atoms with E-state index in [1.165, 1.54) is 6.20 Å². The molecule has 1 unspecified atom stereocenters. The lowest BCUT2D eigenvalue weighted by atomic mass is 10.0. The van der Waals surface area contributed by atoms with Gasteiger partial charge in [0.15, 0.2) is 0 Å². The molecule has 0 aliphatic rings. The quantitative estimate of drug-likeness (QED) is 0.793. The van der Waals surface area contributed by atoms with Gasteiger partial charge in [-0.3, -0.25) is 9.78 Å². The first-order valence-electron chi connectivity index (χ1n) is 4.41. The van der Waals surface area contributed by atoms with Crippen molar-refractivity contribution >= 4 is 5.97 Å². The molecule has 0 saturated heterocycles. The van der Waals surface area contributed by atoms with Crippen LogP contribution in [0.25, 0.3) is 0 Å². The predicted octanol–water partition coefficient (Wildman–Crippen LogP) is 1.67. The van der Waals surface area contributed by atoms with Gasteiger partial charge in [-0.25, -0.2) is 0 Å². The van der Waals surface area contributed by atoms with Gasteiger partial charge in [-0.2, -0.15) is 0 Å². The van der Waals surface area contributed by atoms with Crippen LogP contribution in [0.5, 0.6) is 5.75 Å². The molecule has 1 aromatic rings. The normalized spacial score (nSPS) is 12.1. The summed E-state index contributed by atoms with van der Waals surface area (Å²) in [7, 11) is 1.55. The first-order chi connectivity index (χ1) is 6.69. The molecule has 0 saturated carbocycles. The van der Waals surface area contributed by atoms with Crippen LogP contribution in [0.2, 0.25) is 0 Å². The van der Waals surface area contributed by atoms with Gasteiger partial charge < -0.3 is 9.84 Å². The number of hydrogen-bond donors (Lipinski definition) is 1. The van der Waals surface area contributed by atoms with E-state index in [9.17, 15) is 4.79 Å². The van der Waals surface area contributed by atoms with Crippen molar-refractivity contribution in [1.29, 1.82) is 0 Å². The van der Waals surface area contributed by atoms with Crippen LogP contribution in [0.3, 0.4) is 0 Å². The third kappa shape index (κ3) is 2.22. The van der Waals surface area contributed by atoms with Gasteiger partial charge in [0.2, 0.25) is 0 Å². The molecule has 1 N–H and O–H groups in total. The third-order valence-corrected chi connectivity index (χ3v) is 2.06. The Morgan fingerprint density at radius 2 is 2.36 bits per heavy atom. The summed E-state index contributed by atoms with van der Waals surface area (Å²) in [6.07, 6.45) is 2.07. The molecule has 0 aliphatic heterocycles. The highest BCUT2D eigenvalue weighted by atomic mass is 16.5. The molecule has 14 heavy (non-hydrogen) atoms. The van der Waals surface area contributed by atoms with Crippen molar-refractivity contribution in [3.05, 3.63) is 24.0 Å². The smallest absolute Gasteiger partial charge is 0.312 e. The highest BCUT2D eigenvalue weighted by Gasteiger charge is 2.18. The zero-order valence-electron chi connectivity index (χ0n) is 8.23. The maximum absolute atomic E-state index is 10.8. The van der Waals surface area contributed by atoms with Crippen molar-refractivity contribution in [2.75, 3.05) is 7.11 Å². The summed E-state index contributed by atoms with van der Waals surface area (Å²) in [5, 5.41) is 8.88. The molecule has 1 atom stereocenters.